The lowest BCUT2D eigenvalue weighted by Crippen LogP contribution is -2.59. The Balaban J connectivity index is 2.28. The molecule has 1 unspecified atom stereocenters. The number of likely N-dealkylation sites (N-methyl/N-ethyl adjacent to an activating group) is 1. The maximum atomic E-state index is 14.0. The predicted molar refractivity (Wildman–Crippen MR) is 140 cm³/mol. The molecule has 0 aromatic rings. The second kappa shape index (κ2) is 14.0. The van der Waals surface area contributed by atoms with Crippen LogP contribution in [0.15, 0.2) is 11.6 Å². The zero-order chi connectivity index (χ0) is 26.1. The first-order valence-electron chi connectivity index (χ1n) is 13.8. The molecule has 2 amide bonds. The third-order valence-electron chi connectivity index (χ3n) is 7.69. The highest BCUT2D eigenvalue weighted by molar-refractivity contribution is 5.91. The standard InChI is InChI=1S/C28H49N3O4/c1-8-35-28(34)21(6)18-24(19(2)3)30(7)27(33)25(22-14-10-9-11-15-22)29-26(32)23-16-12-13-17-31(23)20(4)5/h18-20,22-25H,8-17H2,1-7H3,(H,29,32)/t23?,24-,25-/m1/s1. The van der Waals surface area contributed by atoms with Gasteiger partial charge in [0.25, 0.3) is 0 Å². The molecule has 0 radical (unpaired) electrons. The Bertz CT molecular complexity index is 742. The number of rotatable bonds is 10. The molecule has 1 aliphatic heterocycles. The monoisotopic (exact) mass is 491 g/mol. The van der Waals surface area contributed by atoms with Crippen LogP contribution in [0.1, 0.15) is 92.9 Å². The molecule has 0 aromatic heterocycles. The minimum atomic E-state index is -0.540. The molecule has 2 fully saturated rings. The van der Waals surface area contributed by atoms with Gasteiger partial charge < -0.3 is 15.0 Å². The fourth-order valence-corrected chi connectivity index (χ4v) is 5.64. The molecule has 0 spiro atoms. The number of esters is 1. The van der Waals surface area contributed by atoms with Gasteiger partial charge >= 0.3 is 5.97 Å². The summed E-state index contributed by atoms with van der Waals surface area (Å²) in [5.41, 5.74) is 0.498. The van der Waals surface area contributed by atoms with Gasteiger partial charge in [-0.2, -0.15) is 0 Å². The van der Waals surface area contributed by atoms with E-state index in [2.05, 4.69) is 24.1 Å². The van der Waals surface area contributed by atoms with Gasteiger partial charge in [0, 0.05) is 18.7 Å². The van der Waals surface area contributed by atoms with Gasteiger partial charge in [0.1, 0.15) is 6.04 Å². The highest BCUT2D eigenvalue weighted by Crippen LogP contribution is 2.29. The van der Waals surface area contributed by atoms with E-state index in [0.29, 0.717) is 18.2 Å². The summed E-state index contributed by atoms with van der Waals surface area (Å²) in [4.78, 5) is 43.7. The minimum Gasteiger partial charge on any atom is -0.463 e. The van der Waals surface area contributed by atoms with Gasteiger partial charge in [0.05, 0.1) is 18.7 Å². The maximum absolute atomic E-state index is 14.0. The van der Waals surface area contributed by atoms with E-state index in [9.17, 15) is 14.4 Å². The number of nitrogens with one attached hydrogen (secondary N) is 1. The van der Waals surface area contributed by atoms with Gasteiger partial charge in [0.2, 0.25) is 11.8 Å². The fourth-order valence-electron chi connectivity index (χ4n) is 5.64. The van der Waals surface area contributed by atoms with Crippen molar-refractivity contribution in [2.75, 3.05) is 20.2 Å². The summed E-state index contributed by atoms with van der Waals surface area (Å²) in [6, 6.07) is -0.698. The summed E-state index contributed by atoms with van der Waals surface area (Å²) in [7, 11) is 1.80. The first-order valence-corrected chi connectivity index (χ1v) is 13.8. The third kappa shape index (κ3) is 8.06. The minimum absolute atomic E-state index is 0.0185. The second-order valence-electron chi connectivity index (χ2n) is 11.0. The number of piperidine rings is 1. The zero-order valence-corrected chi connectivity index (χ0v) is 23.1. The van der Waals surface area contributed by atoms with Crippen molar-refractivity contribution in [1.29, 1.82) is 0 Å². The molecule has 35 heavy (non-hydrogen) atoms. The van der Waals surface area contributed by atoms with Crippen LogP contribution in [0.5, 0.6) is 0 Å². The molecule has 1 N–H and O–H groups in total. The molecule has 0 aromatic carbocycles. The first-order chi connectivity index (χ1) is 16.6. The van der Waals surface area contributed by atoms with Gasteiger partial charge in [-0.1, -0.05) is 45.6 Å². The number of amides is 2. The molecule has 1 saturated carbocycles. The predicted octanol–water partition coefficient (Wildman–Crippen LogP) is 4.31. The molecule has 2 aliphatic rings. The second-order valence-corrected chi connectivity index (χ2v) is 11.0. The molecule has 200 valence electrons. The molecule has 2 rings (SSSR count). The largest absolute Gasteiger partial charge is 0.463 e. The van der Waals surface area contributed by atoms with Gasteiger partial charge in [-0.05, 0) is 71.8 Å². The first kappa shape index (κ1) is 29.3. The SMILES string of the molecule is CCOC(=O)C(C)=C[C@H](C(C)C)N(C)C(=O)[C@H](NC(=O)C1CCCCN1C(C)C)C1CCCCC1. The quantitative estimate of drug-likeness (QED) is 0.364. The van der Waals surface area contributed by atoms with Crippen LogP contribution in [0, 0.1) is 11.8 Å². The van der Waals surface area contributed by atoms with E-state index in [4.69, 9.17) is 4.74 Å². The van der Waals surface area contributed by atoms with Crippen LogP contribution >= 0.6 is 0 Å². The Hall–Kier alpha value is -1.89. The summed E-state index contributed by atoms with van der Waals surface area (Å²) in [6.45, 7) is 13.1. The van der Waals surface area contributed by atoms with Crippen molar-refractivity contribution >= 4 is 17.8 Å². The average molecular weight is 492 g/mol. The molecular formula is C28H49N3O4. The van der Waals surface area contributed by atoms with Gasteiger partial charge in [-0.3, -0.25) is 14.5 Å². The van der Waals surface area contributed by atoms with Gasteiger partial charge in [0.15, 0.2) is 0 Å². The number of hydrogen-bond acceptors (Lipinski definition) is 5. The van der Waals surface area contributed by atoms with Crippen molar-refractivity contribution in [2.24, 2.45) is 11.8 Å². The van der Waals surface area contributed by atoms with E-state index in [1.807, 2.05) is 19.9 Å². The summed E-state index contributed by atoms with van der Waals surface area (Å²) in [5.74, 6) is -0.200. The molecular weight excluding hydrogens is 442 g/mol. The van der Waals surface area contributed by atoms with Crippen LogP contribution in [-0.4, -0.2) is 72.0 Å². The zero-order valence-electron chi connectivity index (χ0n) is 23.1. The van der Waals surface area contributed by atoms with Gasteiger partial charge in [-0.25, -0.2) is 4.79 Å². The highest BCUT2D eigenvalue weighted by Gasteiger charge is 2.38. The third-order valence-corrected chi connectivity index (χ3v) is 7.69. The van der Waals surface area contributed by atoms with Crippen molar-refractivity contribution in [2.45, 2.75) is 117 Å². The Labute approximate surface area is 213 Å². The van der Waals surface area contributed by atoms with E-state index in [-0.39, 0.29) is 41.7 Å². The molecule has 3 atom stereocenters. The fraction of sp³-hybridized carbons (Fsp3) is 0.821. The van der Waals surface area contributed by atoms with Crippen LogP contribution < -0.4 is 5.32 Å². The van der Waals surface area contributed by atoms with Crippen molar-refractivity contribution in [3.8, 4) is 0 Å². The van der Waals surface area contributed by atoms with Crippen LogP contribution in [0.4, 0.5) is 0 Å². The maximum Gasteiger partial charge on any atom is 0.333 e. The number of likely N-dealkylation sites (tertiary alicyclic amines) is 1. The summed E-state index contributed by atoms with van der Waals surface area (Å²) in [6.07, 6.45) is 10.1. The van der Waals surface area contributed by atoms with E-state index >= 15 is 0 Å². The topological polar surface area (TPSA) is 79.0 Å². The lowest BCUT2D eigenvalue weighted by atomic mass is 9.82. The van der Waals surface area contributed by atoms with Crippen LogP contribution in [0.3, 0.4) is 0 Å². The van der Waals surface area contributed by atoms with E-state index < -0.39 is 6.04 Å². The average Bonchev–Trinajstić information content (AvgIpc) is 2.85. The molecule has 7 nitrogen and oxygen atoms in total. The normalized spacial score (nSPS) is 22.1. The molecule has 0 bridgehead atoms. The van der Waals surface area contributed by atoms with E-state index in [1.165, 1.54) is 6.42 Å². The van der Waals surface area contributed by atoms with E-state index in [1.54, 1.807) is 25.8 Å². The smallest absolute Gasteiger partial charge is 0.333 e. The molecule has 1 heterocycles. The van der Waals surface area contributed by atoms with Crippen molar-refractivity contribution in [3.05, 3.63) is 11.6 Å². The summed E-state index contributed by atoms with van der Waals surface area (Å²) >= 11 is 0. The van der Waals surface area contributed by atoms with Gasteiger partial charge in [-0.15, -0.1) is 0 Å². The number of ether oxygens (including phenoxy) is 1. The Kier molecular flexibility index (Phi) is 11.7. The lowest BCUT2D eigenvalue weighted by Gasteiger charge is -2.40. The Morgan fingerprint density at radius 1 is 1.03 bits per heavy atom. The Morgan fingerprint density at radius 2 is 1.66 bits per heavy atom. The molecule has 1 aliphatic carbocycles. The van der Waals surface area contributed by atoms with Crippen molar-refractivity contribution in [3.63, 3.8) is 0 Å². The molecule has 1 saturated heterocycles. The van der Waals surface area contributed by atoms with E-state index in [0.717, 1.165) is 51.5 Å². The lowest BCUT2D eigenvalue weighted by molar-refractivity contribution is -0.141. The van der Waals surface area contributed by atoms with Crippen molar-refractivity contribution in [1.82, 2.24) is 15.1 Å². The summed E-state index contributed by atoms with van der Waals surface area (Å²) < 4.78 is 5.14. The number of hydrogen-bond donors (Lipinski definition) is 1. The Morgan fingerprint density at radius 3 is 2.23 bits per heavy atom. The highest BCUT2D eigenvalue weighted by atomic mass is 16.5. The number of carbonyl (C=O) groups is 3. The van der Waals surface area contributed by atoms with Crippen LogP contribution in [0.2, 0.25) is 0 Å². The number of carbonyl (C=O) groups excluding carboxylic acids is 3. The number of nitrogens with zero attached hydrogens (tertiary/aromatic N) is 2. The van der Waals surface area contributed by atoms with Crippen LogP contribution in [0.25, 0.3) is 0 Å². The van der Waals surface area contributed by atoms with Crippen molar-refractivity contribution < 1.29 is 19.1 Å². The molecule has 7 heteroatoms. The summed E-state index contributed by atoms with van der Waals surface area (Å²) in [5, 5.41) is 3.23. The van der Waals surface area contributed by atoms with Crippen LogP contribution in [-0.2, 0) is 19.1 Å².